The molecule has 4 nitrogen and oxygen atoms in total. The van der Waals surface area contributed by atoms with Crippen LogP contribution < -0.4 is 5.32 Å². The number of benzene rings is 2. The Hall–Kier alpha value is -2.62. The summed E-state index contributed by atoms with van der Waals surface area (Å²) < 4.78 is 0. The molecule has 25 heavy (non-hydrogen) atoms. The van der Waals surface area contributed by atoms with E-state index in [9.17, 15) is 9.59 Å². The second-order valence-electron chi connectivity index (χ2n) is 6.88. The average Bonchev–Trinajstić information content (AvgIpc) is 2.62. The molecule has 0 atom stereocenters. The van der Waals surface area contributed by atoms with Crippen molar-refractivity contribution in [3.05, 3.63) is 65.7 Å². The van der Waals surface area contributed by atoms with Gasteiger partial charge >= 0.3 is 0 Å². The molecule has 0 saturated heterocycles. The zero-order valence-electron chi connectivity index (χ0n) is 15.4. The second-order valence-corrected chi connectivity index (χ2v) is 6.88. The molecule has 2 rings (SSSR count). The van der Waals surface area contributed by atoms with Gasteiger partial charge in [0.2, 0.25) is 5.91 Å². The summed E-state index contributed by atoms with van der Waals surface area (Å²) in [5.41, 5.74) is 1.64. The number of anilines is 1. The Balaban J connectivity index is 2.19. The van der Waals surface area contributed by atoms with Gasteiger partial charge in [0.15, 0.2) is 0 Å². The number of hydrogen-bond acceptors (Lipinski definition) is 2. The number of rotatable bonds is 6. The van der Waals surface area contributed by atoms with Crippen LogP contribution in [0.3, 0.4) is 0 Å². The van der Waals surface area contributed by atoms with Crippen LogP contribution in [-0.2, 0) is 11.3 Å². The molecule has 2 aromatic rings. The minimum atomic E-state index is -0.480. The van der Waals surface area contributed by atoms with E-state index in [1.54, 1.807) is 24.1 Å². The third-order valence-electron chi connectivity index (χ3n) is 4.51. The molecule has 0 radical (unpaired) electrons. The third-order valence-corrected chi connectivity index (χ3v) is 4.51. The van der Waals surface area contributed by atoms with Gasteiger partial charge in [0.05, 0.1) is 11.3 Å². The van der Waals surface area contributed by atoms with E-state index in [0.717, 1.165) is 12.0 Å². The SMILES string of the molecule is CCC(C)(C)C(=O)Nc1ccccc1C(=O)N(C)Cc1ccccc1. The van der Waals surface area contributed by atoms with E-state index in [2.05, 4.69) is 5.32 Å². The number of nitrogens with one attached hydrogen (secondary N) is 1. The summed E-state index contributed by atoms with van der Waals surface area (Å²) in [6.45, 7) is 6.29. The van der Waals surface area contributed by atoms with Gasteiger partial charge < -0.3 is 10.2 Å². The molecule has 1 N–H and O–H groups in total. The Morgan fingerprint density at radius 3 is 2.24 bits per heavy atom. The summed E-state index contributed by atoms with van der Waals surface area (Å²) in [4.78, 5) is 27.0. The highest BCUT2D eigenvalue weighted by Crippen LogP contribution is 2.24. The van der Waals surface area contributed by atoms with E-state index in [1.807, 2.05) is 63.2 Å². The number of nitrogens with zero attached hydrogens (tertiary/aromatic N) is 1. The first kappa shape index (κ1) is 18.7. The van der Waals surface area contributed by atoms with Crippen LogP contribution in [0.1, 0.15) is 43.1 Å². The van der Waals surface area contributed by atoms with Crippen LogP contribution in [0.2, 0.25) is 0 Å². The summed E-state index contributed by atoms with van der Waals surface area (Å²) in [5, 5.41) is 2.91. The fourth-order valence-corrected chi connectivity index (χ4v) is 2.37. The Labute approximate surface area is 149 Å². The lowest BCUT2D eigenvalue weighted by Crippen LogP contribution is -2.32. The minimum Gasteiger partial charge on any atom is -0.337 e. The predicted molar refractivity (Wildman–Crippen MR) is 101 cm³/mol. The molecular weight excluding hydrogens is 312 g/mol. The smallest absolute Gasteiger partial charge is 0.256 e. The molecule has 0 fully saturated rings. The summed E-state index contributed by atoms with van der Waals surface area (Å²) in [6, 6.07) is 17.0. The van der Waals surface area contributed by atoms with Crippen molar-refractivity contribution in [1.82, 2.24) is 4.90 Å². The van der Waals surface area contributed by atoms with Crippen molar-refractivity contribution in [3.63, 3.8) is 0 Å². The van der Waals surface area contributed by atoms with Gasteiger partial charge in [-0.15, -0.1) is 0 Å². The number of carbonyl (C=O) groups excluding carboxylic acids is 2. The van der Waals surface area contributed by atoms with Crippen LogP contribution in [0.25, 0.3) is 0 Å². The van der Waals surface area contributed by atoms with Gasteiger partial charge in [-0.1, -0.05) is 63.2 Å². The lowest BCUT2D eigenvalue weighted by molar-refractivity contribution is -0.124. The summed E-state index contributed by atoms with van der Waals surface area (Å²) in [7, 11) is 1.77. The zero-order valence-corrected chi connectivity index (χ0v) is 15.4. The van der Waals surface area contributed by atoms with Crippen LogP contribution in [0.4, 0.5) is 5.69 Å². The van der Waals surface area contributed by atoms with Gasteiger partial charge in [-0.05, 0) is 24.1 Å². The predicted octanol–water partition coefficient (Wildman–Crippen LogP) is 4.33. The van der Waals surface area contributed by atoms with Crippen LogP contribution in [0, 0.1) is 5.41 Å². The lowest BCUT2D eigenvalue weighted by atomic mass is 9.89. The maximum Gasteiger partial charge on any atom is 0.256 e. The van der Waals surface area contributed by atoms with E-state index < -0.39 is 5.41 Å². The van der Waals surface area contributed by atoms with Crippen LogP contribution >= 0.6 is 0 Å². The molecule has 0 bridgehead atoms. The van der Waals surface area contributed by atoms with Gasteiger partial charge in [0.25, 0.3) is 5.91 Å². The van der Waals surface area contributed by atoms with E-state index >= 15 is 0 Å². The Morgan fingerprint density at radius 2 is 1.60 bits per heavy atom. The van der Waals surface area contributed by atoms with Crippen LogP contribution in [0.15, 0.2) is 54.6 Å². The number of carbonyl (C=O) groups is 2. The van der Waals surface area contributed by atoms with Crippen molar-refractivity contribution in [3.8, 4) is 0 Å². The topological polar surface area (TPSA) is 49.4 Å². The second kappa shape index (κ2) is 7.97. The van der Waals surface area contributed by atoms with Gasteiger partial charge in [-0.2, -0.15) is 0 Å². The van der Waals surface area contributed by atoms with Crippen molar-refractivity contribution in [2.45, 2.75) is 33.7 Å². The summed E-state index contributed by atoms with van der Waals surface area (Å²) >= 11 is 0. The molecule has 0 aromatic heterocycles. The maximum atomic E-state index is 12.8. The first-order valence-corrected chi connectivity index (χ1v) is 8.55. The van der Waals surface area contributed by atoms with E-state index in [-0.39, 0.29) is 11.8 Å². The molecule has 2 aromatic carbocycles. The van der Waals surface area contributed by atoms with Gasteiger partial charge in [0.1, 0.15) is 0 Å². The first-order chi connectivity index (χ1) is 11.8. The normalized spacial score (nSPS) is 11.0. The lowest BCUT2D eigenvalue weighted by Gasteiger charge is -2.23. The molecule has 0 unspecified atom stereocenters. The van der Waals surface area contributed by atoms with E-state index in [0.29, 0.717) is 17.8 Å². The average molecular weight is 338 g/mol. The number of hydrogen-bond donors (Lipinski definition) is 1. The molecule has 4 heteroatoms. The standard InChI is InChI=1S/C21H26N2O2/c1-5-21(2,3)20(25)22-18-14-10-9-13-17(18)19(24)23(4)15-16-11-7-6-8-12-16/h6-14H,5,15H2,1-4H3,(H,22,25). The fourth-order valence-electron chi connectivity index (χ4n) is 2.37. The fraction of sp³-hybridized carbons (Fsp3) is 0.333. The van der Waals surface area contributed by atoms with Crippen molar-refractivity contribution in [2.24, 2.45) is 5.41 Å². The molecular formula is C21H26N2O2. The first-order valence-electron chi connectivity index (χ1n) is 8.55. The molecule has 0 heterocycles. The van der Waals surface area contributed by atoms with E-state index in [1.165, 1.54) is 0 Å². The monoisotopic (exact) mass is 338 g/mol. The minimum absolute atomic E-state index is 0.0824. The molecule has 0 aliphatic rings. The van der Waals surface area contributed by atoms with Gasteiger partial charge in [-0.25, -0.2) is 0 Å². The van der Waals surface area contributed by atoms with Crippen molar-refractivity contribution in [2.75, 3.05) is 12.4 Å². The highest BCUT2D eigenvalue weighted by atomic mass is 16.2. The van der Waals surface area contributed by atoms with Gasteiger partial charge in [-0.3, -0.25) is 9.59 Å². The van der Waals surface area contributed by atoms with Crippen LogP contribution in [-0.4, -0.2) is 23.8 Å². The number of amides is 2. The Kier molecular flexibility index (Phi) is 5.97. The Bertz CT molecular complexity index is 739. The van der Waals surface area contributed by atoms with E-state index in [4.69, 9.17) is 0 Å². The number of para-hydroxylation sites is 1. The maximum absolute atomic E-state index is 12.8. The van der Waals surface area contributed by atoms with Crippen molar-refractivity contribution in [1.29, 1.82) is 0 Å². The third kappa shape index (κ3) is 4.69. The highest BCUT2D eigenvalue weighted by molar-refractivity contribution is 6.04. The molecule has 0 aliphatic carbocycles. The van der Waals surface area contributed by atoms with Gasteiger partial charge in [0, 0.05) is 19.0 Å². The summed E-state index contributed by atoms with van der Waals surface area (Å²) in [6.07, 6.45) is 0.725. The molecule has 0 saturated carbocycles. The van der Waals surface area contributed by atoms with Crippen LogP contribution in [0.5, 0.6) is 0 Å². The molecule has 132 valence electrons. The quantitative estimate of drug-likeness (QED) is 0.852. The van der Waals surface area contributed by atoms with Crippen molar-refractivity contribution >= 4 is 17.5 Å². The molecule has 2 amide bonds. The Morgan fingerprint density at radius 1 is 1.00 bits per heavy atom. The highest BCUT2D eigenvalue weighted by Gasteiger charge is 2.26. The zero-order chi connectivity index (χ0) is 18.4. The molecule has 0 spiro atoms. The van der Waals surface area contributed by atoms with Crippen molar-refractivity contribution < 1.29 is 9.59 Å². The molecule has 0 aliphatic heterocycles. The largest absolute Gasteiger partial charge is 0.337 e. The summed E-state index contributed by atoms with van der Waals surface area (Å²) in [5.74, 6) is -0.199.